The third kappa shape index (κ3) is 11.1. The van der Waals surface area contributed by atoms with Crippen molar-refractivity contribution >= 4 is 17.5 Å². The maximum atomic E-state index is 12.2. The summed E-state index contributed by atoms with van der Waals surface area (Å²) in [5.41, 5.74) is 0. The minimum Gasteiger partial charge on any atom is -0.481 e. The first-order valence-corrected chi connectivity index (χ1v) is 11.0. The van der Waals surface area contributed by atoms with Crippen LogP contribution in [-0.2, 0) is 14.4 Å². The fourth-order valence-corrected chi connectivity index (χ4v) is 3.93. The van der Waals surface area contributed by atoms with Crippen molar-refractivity contribution in [2.45, 2.75) is 103 Å². The van der Waals surface area contributed by atoms with Gasteiger partial charge < -0.3 is 5.11 Å². The Labute approximate surface area is 164 Å². The highest BCUT2D eigenvalue weighted by molar-refractivity contribution is 5.90. The molecule has 1 saturated carbocycles. The van der Waals surface area contributed by atoms with Crippen molar-refractivity contribution < 1.29 is 19.5 Å². The van der Waals surface area contributed by atoms with Gasteiger partial charge in [0.05, 0.1) is 0 Å². The standard InChI is InChI=1S/C23H38O4/c1-2-3-4-6-9-12-20(24)17-15-19-16-18-22(25)21(19)13-10-7-5-8-11-14-23(26)27/h15,17,19,21H,2-14,16,18H2,1H3,(H,26,27). The van der Waals surface area contributed by atoms with E-state index in [1.165, 1.54) is 19.3 Å². The lowest BCUT2D eigenvalue weighted by Gasteiger charge is -2.14. The van der Waals surface area contributed by atoms with Gasteiger partial charge in [0, 0.05) is 25.2 Å². The molecular weight excluding hydrogens is 340 g/mol. The van der Waals surface area contributed by atoms with Crippen molar-refractivity contribution in [3.05, 3.63) is 12.2 Å². The molecule has 0 aliphatic heterocycles. The summed E-state index contributed by atoms with van der Waals surface area (Å²) in [5.74, 6) is 0.133. The quantitative estimate of drug-likeness (QED) is 0.269. The molecule has 2 unspecified atom stereocenters. The minimum absolute atomic E-state index is 0.0811. The normalized spacial score (nSPS) is 19.8. The van der Waals surface area contributed by atoms with Crippen molar-refractivity contribution in [2.75, 3.05) is 0 Å². The first-order chi connectivity index (χ1) is 13.0. The van der Waals surface area contributed by atoms with Crippen molar-refractivity contribution in [3.8, 4) is 0 Å². The largest absolute Gasteiger partial charge is 0.481 e. The number of carboxylic acids is 1. The van der Waals surface area contributed by atoms with E-state index in [-0.39, 0.29) is 24.0 Å². The number of carbonyl (C=O) groups excluding carboxylic acids is 2. The van der Waals surface area contributed by atoms with E-state index < -0.39 is 5.97 Å². The van der Waals surface area contributed by atoms with Crippen LogP contribution in [0.2, 0.25) is 0 Å². The molecule has 0 saturated heterocycles. The van der Waals surface area contributed by atoms with Gasteiger partial charge in [-0.05, 0) is 37.7 Å². The van der Waals surface area contributed by atoms with Crippen LogP contribution in [0, 0.1) is 11.8 Å². The molecule has 4 nitrogen and oxygen atoms in total. The molecule has 154 valence electrons. The zero-order chi connectivity index (χ0) is 19.9. The smallest absolute Gasteiger partial charge is 0.303 e. The average Bonchev–Trinajstić information content (AvgIpc) is 2.98. The van der Waals surface area contributed by atoms with Gasteiger partial charge in [-0.15, -0.1) is 0 Å². The van der Waals surface area contributed by atoms with Crippen molar-refractivity contribution in [1.29, 1.82) is 0 Å². The van der Waals surface area contributed by atoms with E-state index >= 15 is 0 Å². The molecule has 0 amide bonds. The number of unbranched alkanes of at least 4 members (excludes halogenated alkanes) is 8. The molecule has 1 aliphatic rings. The van der Waals surface area contributed by atoms with Gasteiger partial charge in [0.15, 0.2) is 5.78 Å². The van der Waals surface area contributed by atoms with Crippen LogP contribution in [0.4, 0.5) is 0 Å². The SMILES string of the molecule is CCCCCCCC(=O)C=CC1CCC(=O)C1CCCCCCCC(=O)O. The highest BCUT2D eigenvalue weighted by Gasteiger charge is 2.32. The molecule has 1 rings (SSSR count). The van der Waals surface area contributed by atoms with Crippen molar-refractivity contribution in [3.63, 3.8) is 0 Å². The molecule has 0 aromatic carbocycles. The van der Waals surface area contributed by atoms with Crippen LogP contribution in [0.15, 0.2) is 12.2 Å². The monoisotopic (exact) mass is 378 g/mol. The molecule has 0 bridgehead atoms. The predicted molar refractivity (Wildman–Crippen MR) is 109 cm³/mol. The molecule has 2 atom stereocenters. The maximum absolute atomic E-state index is 12.2. The first kappa shape index (κ1) is 23.6. The Balaban J connectivity index is 2.22. The summed E-state index contributed by atoms with van der Waals surface area (Å²) in [6.07, 6.45) is 17.6. The summed E-state index contributed by atoms with van der Waals surface area (Å²) in [6, 6.07) is 0. The van der Waals surface area contributed by atoms with Crippen LogP contribution in [0.3, 0.4) is 0 Å². The zero-order valence-corrected chi connectivity index (χ0v) is 17.1. The predicted octanol–water partition coefficient (Wildman–Crippen LogP) is 5.88. The summed E-state index contributed by atoms with van der Waals surface area (Å²) >= 11 is 0. The second kappa shape index (κ2) is 14.6. The molecule has 0 spiro atoms. The molecule has 0 heterocycles. The second-order valence-corrected chi connectivity index (χ2v) is 7.97. The summed E-state index contributed by atoms with van der Waals surface area (Å²) in [5, 5.41) is 8.62. The summed E-state index contributed by atoms with van der Waals surface area (Å²) in [6.45, 7) is 2.19. The molecule has 0 radical (unpaired) electrons. The molecule has 27 heavy (non-hydrogen) atoms. The number of allylic oxidation sites excluding steroid dienone is 2. The van der Waals surface area contributed by atoms with E-state index in [0.717, 1.165) is 57.8 Å². The highest BCUT2D eigenvalue weighted by Crippen LogP contribution is 2.33. The summed E-state index contributed by atoms with van der Waals surface area (Å²) in [4.78, 5) is 34.7. The summed E-state index contributed by atoms with van der Waals surface area (Å²) < 4.78 is 0. The van der Waals surface area contributed by atoms with Crippen LogP contribution in [-0.4, -0.2) is 22.6 Å². The fourth-order valence-electron chi connectivity index (χ4n) is 3.93. The van der Waals surface area contributed by atoms with Gasteiger partial charge in [0.2, 0.25) is 0 Å². The number of carbonyl (C=O) groups is 3. The van der Waals surface area contributed by atoms with E-state index in [0.29, 0.717) is 18.6 Å². The first-order valence-electron chi connectivity index (χ1n) is 11.0. The Morgan fingerprint density at radius 1 is 0.963 bits per heavy atom. The number of hydrogen-bond acceptors (Lipinski definition) is 3. The number of Topliss-reactive ketones (excluding diaryl/α,β-unsaturated/α-hetero) is 1. The van der Waals surface area contributed by atoms with E-state index in [1.54, 1.807) is 6.08 Å². The van der Waals surface area contributed by atoms with Crippen LogP contribution >= 0.6 is 0 Å². The van der Waals surface area contributed by atoms with Crippen molar-refractivity contribution in [1.82, 2.24) is 0 Å². The molecule has 4 heteroatoms. The zero-order valence-electron chi connectivity index (χ0n) is 17.1. The Morgan fingerprint density at radius 3 is 2.30 bits per heavy atom. The summed E-state index contributed by atoms with van der Waals surface area (Å²) in [7, 11) is 0. The maximum Gasteiger partial charge on any atom is 0.303 e. The number of aliphatic carboxylic acids is 1. The Bertz CT molecular complexity index is 481. The van der Waals surface area contributed by atoms with E-state index in [4.69, 9.17) is 5.11 Å². The van der Waals surface area contributed by atoms with Gasteiger partial charge in [-0.2, -0.15) is 0 Å². The molecule has 0 aromatic heterocycles. The van der Waals surface area contributed by atoms with Gasteiger partial charge in [-0.25, -0.2) is 0 Å². The number of ketones is 2. The minimum atomic E-state index is -0.725. The van der Waals surface area contributed by atoms with Gasteiger partial charge >= 0.3 is 5.97 Å². The molecular formula is C23H38O4. The molecule has 0 aromatic rings. The van der Waals surface area contributed by atoms with E-state index in [2.05, 4.69) is 6.92 Å². The number of hydrogen-bond donors (Lipinski definition) is 1. The lowest BCUT2D eigenvalue weighted by atomic mass is 9.89. The van der Waals surface area contributed by atoms with Gasteiger partial charge in [0.1, 0.15) is 5.78 Å². The third-order valence-corrected chi connectivity index (χ3v) is 5.62. The van der Waals surface area contributed by atoms with Crippen LogP contribution in [0.25, 0.3) is 0 Å². The number of carboxylic acid groups (broad SMARTS) is 1. The lowest BCUT2D eigenvalue weighted by molar-refractivity contribution is -0.137. The third-order valence-electron chi connectivity index (χ3n) is 5.62. The average molecular weight is 379 g/mol. The Hall–Kier alpha value is -1.45. The van der Waals surface area contributed by atoms with Gasteiger partial charge in [0.25, 0.3) is 0 Å². The van der Waals surface area contributed by atoms with Gasteiger partial charge in [-0.3, -0.25) is 14.4 Å². The van der Waals surface area contributed by atoms with Gasteiger partial charge in [-0.1, -0.05) is 64.4 Å². The second-order valence-electron chi connectivity index (χ2n) is 7.97. The highest BCUT2D eigenvalue weighted by atomic mass is 16.4. The lowest BCUT2D eigenvalue weighted by Crippen LogP contribution is -2.13. The molecule has 1 fully saturated rings. The fraction of sp³-hybridized carbons (Fsp3) is 0.783. The molecule has 1 N–H and O–H groups in total. The van der Waals surface area contributed by atoms with Crippen LogP contribution in [0.5, 0.6) is 0 Å². The van der Waals surface area contributed by atoms with Crippen LogP contribution in [0.1, 0.15) is 103 Å². The van der Waals surface area contributed by atoms with E-state index in [1.807, 2.05) is 6.08 Å². The van der Waals surface area contributed by atoms with Crippen molar-refractivity contribution in [2.24, 2.45) is 11.8 Å². The van der Waals surface area contributed by atoms with Crippen LogP contribution < -0.4 is 0 Å². The Morgan fingerprint density at radius 2 is 1.59 bits per heavy atom. The topological polar surface area (TPSA) is 71.4 Å². The van der Waals surface area contributed by atoms with E-state index in [9.17, 15) is 14.4 Å². The Kier molecular flexibility index (Phi) is 12.7. The molecule has 1 aliphatic carbocycles. The number of rotatable bonds is 16.